The van der Waals surface area contributed by atoms with Crippen molar-refractivity contribution in [1.29, 1.82) is 5.26 Å². The minimum atomic E-state index is -1.32. The molecule has 1 unspecified atom stereocenters. The Bertz CT molecular complexity index is 585. The molecule has 0 fully saturated rings. The highest BCUT2D eigenvalue weighted by molar-refractivity contribution is 6.10. The predicted molar refractivity (Wildman–Crippen MR) is 79.4 cm³/mol. The van der Waals surface area contributed by atoms with Crippen molar-refractivity contribution in [2.75, 3.05) is 7.05 Å². The molecule has 1 atom stereocenters. The molecule has 0 heterocycles. The van der Waals surface area contributed by atoms with Crippen LogP contribution in [-0.4, -0.2) is 24.8 Å². The number of benzene rings is 1. The van der Waals surface area contributed by atoms with Crippen LogP contribution in [0.5, 0.6) is 5.75 Å². The van der Waals surface area contributed by atoms with Gasteiger partial charge in [-0.25, -0.2) is 0 Å². The number of carbonyl (C=O) groups excluding carboxylic acids is 2. The van der Waals surface area contributed by atoms with Crippen LogP contribution in [0.3, 0.4) is 0 Å². The van der Waals surface area contributed by atoms with Gasteiger partial charge in [0.25, 0.3) is 0 Å². The third-order valence-electron chi connectivity index (χ3n) is 2.59. The van der Waals surface area contributed by atoms with Gasteiger partial charge < -0.3 is 10.1 Å². The van der Waals surface area contributed by atoms with E-state index in [1.807, 2.05) is 26.0 Å². The zero-order valence-corrected chi connectivity index (χ0v) is 12.3. The maximum Gasteiger partial charge on any atom is 0.245 e. The number of hydrogen-bond acceptors (Lipinski definition) is 4. The highest BCUT2D eigenvalue weighted by Crippen LogP contribution is 2.16. The smallest absolute Gasteiger partial charge is 0.245 e. The Hall–Kier alpha value is -2.61. The van der Waals surface area contributed by atoms with Gasteiger partial charge in [0.1, 0.15) is 5.75 Å². The second kappa shape index (κ2) is 7.85. The van der Waals surface area contributed by atoms with Crippen molar-refractivity contribution in [3.63, 3.8) is 0 Å². The summed E-state index contributed by atoms with van der Waals surface area (Å²) < 4.78 is 5.55. The molecule has 1 N–H and O–H groups in total. The predicted octanol–water partition coefficient (Wildman–Crippen LogP) is 1.94. The van der Waals surface area contributed by atoms with Crippen molar-refractivity contribution in [2.45, 2.75) is 20.0 Å². The molecule has 1 aromatic carbocycles. The number of rotatable bonds is 6. The largest absolute Gasteiger partial charge is 0.491 e. The molecule has 5 heteroatoms. The molecule has 1 rings (SSSR count). The molecule has 0 saturated heterocycles. The number of carbonyl (C=O) groups is 2. The van der Waals surface area contributed by atoms with Crippen molar-refractivity contribution in [3.05, 3.63) is 35.9 Å². The number of hydrogen-bond donors (Lipinski definition) is 1. The molecule has 5 nitrogen and oxygen atoms in total. The van der Waals surface area contributed by atoms with Crippen LogP contribution in [0.25, 0.3) is 6.08 Å². The highest BCUT2D eigenvalue weighted by atomic mass is 16.5. The molecule has 0 saturated carbocycles. The standard InChI is InChI=1S/C16H18N2O3/c1-11(2)21-13-6-4-5-12(9-13)7-8-15(19)14(10-17)16(20)18-3/h4-9,11,14H,1-3H3,(H,18,20). The molecule has 21 heavy (non-hydrogen) atoms. The van der Waals surface area contributed by atoms with Gasteiger partial charge in [-0.05, 0) is 37.6 Å². The van der Waals surface area contributed by atoms with Gasteiger partial charge in [0.15, 0.2) is 11.7 Å². The molecular weight excluding hydrogens is 268 g/mol. The number of nitrogens with zero attached hydrogens (tertiary/aromatic N) is 1. The number of nitriles is 1. The van der Waals surface area contributed by atoms with Crippen molar-refractivity contribution < 1.29 is 14.3 Å². The Morgan fingerprint density at radius 1 is 1.38 bits per heavy atom. The van der Waals surface area contributed by atoms with Crippen molar-refractivity contribution in [2.24, 2.45) is 5.92 Å². The lowest BCUT2D eigenvalue weighted by Crippen LogP contribution is -2.31. The minimum absolute atomic E-state index is 0.0575. The first-order chi connectivity index (χ1) is 9.97. The van der Waals surface area contributed by atoms with Crippen molar-refractivity contribution in [1.82, 2.24) is 5.32 Å². The monoisotopic (exact) mass is 286 g/mol. The Kier molecular flexibility index (Phi) is 6.15. The van der Waals surface area contributed by atoms with Gasteiger partial charge in [-0.2, -0.15) is 5.26 Å². The molecule has 0 aromatic heterocycles. The van der Waals surface area contributed by atoms with Crippen LogP contribution in [0.2, 0.25) is 0 Å². The maximum absolute atomic E-state index is 11.8. The summed E-state index contributed by atoms with van der Waals surface area (Å²) in [4.78, 5) is 23.2. The lowest BCUT2D eigenvalue weighted by atomic mass is 10.0. The average molecular weight is 286 g/mol. The van der Waals surface area contributed by atoms with Crippen LogP contribution in [0.1, 0.15) is 19.4 Å². The summed E-state index contributed by atoms with van der Waals surface area (Å²) in [6.07, 6.45) is 2.85. The van der Waals surface area contributed by atoms with E-state index in [4.69, 9.17) is 10.00 Å². The fourth-order valence-corrected chi connectivity index (χ4v) is 1.63. The van der Waals surface area contributed by atoms with Crippen LogP contribution < -0.4 is 10.1 Å². The Labute approximate surface area is 124 Å². The fourth-order valence-electron chi connectivity index (χ4n) is 1.63. The second-order valence-corrected chi connectivity index (χ2v) is 4.65. The molecule has 0 aliphatic rings. The summed E-state index contributed by atoms with van der Waals surface area (Å²) in [7, 11) is 1.39. The van der Waals surface area contributed by atoms with Crippen molar-refractivity contribution in [3.8, 4) is 11.8 Å². The summed E-state index contributed by atoms with van der Waals surface area (Å²) >= 11 is 0. The van der Waals surface area contributed by atoms with E-state index in [1.54, 1.807) is 24.3 Å². The third-order valence-corrected chi connectivity index (χ3v) is 2.59. The average Bonchev–Trinajstić information content (AvgIpc) is 2.45. The first-order valence-corrected chi connectivity index (χ1v) is 6.57. The molecule has 0 bridgehead atoms. The van der Waals surface area contributed by atoms with Gasteiger partial charge in [-0.1, -0.05) is 18.2 Å². The van der Waals surface area contributed by atoms with Gasteiger partial charge in [-0.15, -0.1) is 0 Å². The van der Waals surface area contributed by atoms with E-state index in [2.05, 4.69) is 5.32 Å². The molecule has 1 aromatic rings. The molecule has 0 radical (unpaired) electrons. The first-order valence-electron chi connectivity index (χ1n) is 6.57. The van der Waals surface area contributed by atoms with Crippen LogP contribution in [-0.2, 0) is 9.59 Å². The van der Waals surface area contributed by atoms with E-state index in [9.17, 15) is 9.59 Å². The quantitative estimate of drug-likeness (QED) is 0.640. The van der Waals surface area contributed by atoms with Crippen LogP contribution in [0.15, 0.2) is 30.3 Å². The summed E-state index contributed by atoms with van der Waals surface area (Å²) in [5.74, 6) is -1.78. The molecule has 0 spiro atoms. The summed E-state index contributed by atoms with van der Waals surface area (Å²) in [6, 6.07) is 8.90. The Morgan fingerprint density at radius 3 is 2.67 bits per heavy atom. The topological polar surface area (TPSA) is 79.2 Å². The van der Waals surface area contributed by atoms with Gasteiger partial charge in [0.2, 0.25) is 5.91 Å². The third kappa shape index (κ3) is 5.11. The zero-order valence-electron chi connectivity index (χ0n) is 12.3. The molecular formula is C16H18N2O3. The number of ether oxygens (including phenoxy) is 1. The normalized spacial score (nSPS) is 12.0. The van der Waals surface area contributed by atoms with E-state index in [1.165, 1.54) is 13.1 Å². The van der Waals surface area contributed by atoms with E-state index in [-0.39, 0.29) is 6.10 Å². The van der Waals surface area contributed by atoms with E-state index < -0.39 is 17.6 Å². The number of ketones is 1. The van der Waals surface area contributed by atoms with Gasteiger partial charge >= 0.3 is 0 Å². The van der Waals surface area contributed by atoms with Crippen molar-refractivity contribution >= 4 is 17.8 Å². The van der Waals surface area contributed by atoms with Gasteiger partial charge in [0.05, 0.1) is 12.2 Å². The lowest BCUT2D eigenvalue weighted by Gasteiger charge is -2.09. The molecule has 0 aliphatic heterocycles. The number of nitrogens with one attached hydrogen (secondary N) is 1. The fraction of sp³-hybridized carbons (Fsp3) is 0.312. The zero-order chi connectivity index (χ0) is 15.8. The summed E-state index contributed by atoms with van der Waals surface area (Å²) in [5.41, 5.74) is 0.759. The summed E-state index contributed by atoms with van der Waals surface area (Å²) in [6.45, 7) is 3.85. The lowest BCUT2D eigenvalue weighted by molar-refractivity contribution is -0.129. The number of amides is 1. The highest BCUT2D eigenvalue weighted by Gasteiger charge is 2.22. The first kappa shape index (κ1) is 16.4. The van der Waals surface area contributed by atoms with Crippen LogP contribution in [0, 0.1) is 17.2 Å². The minimum Gasteiger partial charge on any atom is -0.491 e. The maximum atomic E-state index is 11.8. The van der Waals surface area contributed by atoms with E-state index in [0.717, 1.165) is 5.56 Å². The Morgan fingerprint density at radius 2 is 2.10 bits per heavy atom. The number of allylic oxidation sites excluding steroid dienone is 1. The SMILES string of the molecule is CNC(=O)C(C#N)C(=O)C=Cc1cccc(OC(C)C)c1. The van der Waals surface area contributed by atoms with Crippen LogP contribution in [0.4, 0.5) is 0 Å². The second-order valence-electron chi connectivity index (χ2n) is 4.65. The van der Waals surface area contributed by atoms with E-state index >= 15 is 0 Å². The van der Waals surface area contributed by atoms with Gasteiger partial charge in [-0.3, -0.25) is 9.59 Å². The molecule has 0 aliphatic carbocycles. The van der Waals surface area contributed by atoms with E-state index in [0.29, 0.717) is 5.75 Å². The molecule has 1 amide bonds. The molecule has 110 valence electrons. The van der Waals surface area contributed by atoms with Gasteiger partial charge in [0, 0.05) is 7.05 Å². The van der Waals surface area contributed by atoms with Crippen LogP contribution >= 0.6 is 0 Å². The summed E-state index contributed by atoms with van der Waals surface area (Å²) in [5, 5.41) is 11.1. The Balaban J connectivity index is 2.83.